The highest BCUT2D eigenvalue weighted by Gasteiger charge is 2.45. The molecule has 1 aliphatic carbocycles. The molecule has 0 spiro atoms. The van der Waals surface area contributed by atoms with Crippen LogP contribution in [0.4, 0.5) is 0 Å². The van der Waals surface area contributed by atoms with E-state index in [0.717, 1.165) is 24.5 Å². The maximum absolute atomic E-state index is 10.9. The first-order valence-electron chi connectivity index (χ1n) is 13.3. The standard InChI is InChI=1S/C21H30O2/c1-5-6-7-8-15-12-18(22)20-16-11-14(2)9-10-17(16)21(3,4)23-19(20)13-15/h11-13,16-17,22H,5-10H2,1-4H3/t16-,17-/m1/s1/i1D3,5D2,6D2,7D2,8D2. The van der Waals surface area contributed by atoms with E-state index < -0.39 is 43.5 Å². The van der Waals surface area contributed by atoms with Gasteiger partial charge < -0.3 is 9.84 Å². The van der Waals surface area contributed by atoms with Crippen molar-refractivity contribution in [1.82, 2.24) is 0 Å². The first-order chi connectivity index (χ1) is 15.1. The number of rotatable bonds is 4. The molecule has 126 valence electrons. The summed E-state index contributed by atoms with van der Waals surface area (Å²) < 4.78 is 93.3. The third-order valence-corrected chi connectivity index (χ3v) is 4.80. The van der Waals surface area contributed by atoms with Gasteiger partial charge in [-0.1, -0.05) is 31.2 Å². The Morgan fingerprint density at radius 1 is 1.39 bits per heavy atom. The second-order valence-corrected chi connectivity index (χ2v) is 6.80. The lowest BCUT2D eigenvalue weighted by molar-refractivity contribution is 0.0107. The first-order valence-corrected chi connectivity index (χ1v) is 7.83. The molecule has 2 aliphatic rings. The fraction of sp³-hybridized carbons (Fsp3) is 0.619. The predicted molar refractivity (Wildman–Crippen MR) is 95.3 cm³/mol. The highest BCUT2D eigenvalue weighted by atomic mass is 16.5. The molecule has 0 amide bonds. The summed E-state index contributed by atoms with van der Waals surface area (Å²) >= 11 is 0. The zero-order valence-corrected chi connectivity index (χ0v) is 13.7. The molecule has 0 unspecified atom stereocenters. The topological polar surface area (TPSA) is 29.5 Å². The van der Waals surface area contributed by atoms with Crippen molar-refractivity contribution in [2.45, 2.75) is 77.5 Å². The maximum Gasteiger partial charge on any atom is 0.127 e. The number of phenolic OH excluding ortho intramolecular Hbond substituents is 1. The molecule has 1 aromatic carbocycles. The van der Waals surface area contributed by atoms with Crippen LogP contribution in [-0.2, 0) is 6.37 Å². The fourth-order valence-electron chi connectivity index (χ4n) is 3.73. The number of phenols is 1. The van der Waals surface area contributed by atoms with Crippen LogP contribution in [0.1, 0.15) is 91.7 Å². The van der Waals surface area contributed by atoms with Crippen molar-refractivity contribution in [3.63, 3.8) is 0 Å². The van der Waals surface area contributed by atoms with Crippen LogP contribution in [-0.4, -0.2) is 10.7 Å². The smallest absolute Gasteiger partial charge is 0.127 e. The van der Waals surface area contributed by atoms with Crippen molar-refractivity contribution in [2.24, 2.45) is 5.92 Å². The van der Waals surface area contributed by atoms with Gasteiger partial charge in [0.1, 0.15) is 17.1 Å². The quantitative estimate of drug-likeness (QED) is 0.716. The highest BCUT2D eigenvalue weighted by Crippen LogP contribution is 2.53. The van der Waals surface area contributed by atoms with E-state index >= 15 is 0 Å². The number of hydrogen-bond acceptors (Lipinski definition) is 2. The SMILES string of the molecule is [2H]C([2H])([2H])C([2H])([2H])C([2H])([2H])C([2H])([2H])C([2H])([2H])c1cc(O)c2c(c1)OC(C)(C)[C@@H]1CCC(C)=C[C@@H]21. The van der Waals surface area contributed by atoms with Crippen LogP contribution in [0.2, 0.25) is 0 Å². The predicted octanol–water partition coefficient (Wildman–Crippen LogP) is 5.74. The van der Waals surface area contributed by atoms with E-state index in [1.807, 2.05) is 26.8 Å². The molecule has 1 heterocycles. The van der Waals surface area contributed by atoms with Crippen LogP contribution in [0, 0.1) is 5.92 Å². The molecule has 2 nitrogen and oxygen atoms in total. The third-order valence-electron chi connectivity index (χ3n) is 4.80. The minimum Gasteiger partial charge on any atom is -0.507 e. The summed E-state index contributed by atoms with van der Waals surface area (Å²) in [6.07, 6.45) is -10.6. The van der Waals surface area contributed by atoms with Crippen molar-refractivity contribution < 1.29 is 24.9 Å². The molecule has 1 aliphatic heterocycles. The van der Waals surface area contributed by atoms with Crippen LogP contribution >= 0.6 is 0 Å². The Kier molecular flexibility index (Phi) is 2.06. The van der Waals surface area contributed by atoms with Crippen molar-refractivity contribution in [3.05, 3.63) is 34.9 Å². The molecule has 1 N–H and O–H groups in total. The molecule has 2 heteroatoms. The molecule has 0 fully saturated rings. The lowest BCUT2D eigenvalue weighted by atomic mass is 9.68. The Morgan fingerprint density at radius 2 is 2.22 bits per heavy atom. The zero-order valence-electron chi connectivity index (χ0n) is 24.7. The lowest BCUT2D eigenvalue weighted by Gasteiger charge is -2.46. The molecule has 0 aromatic heterocycles. The molecule has 0 saturated heterocycles. The van der Waals surface area contributed by atoms with Crippen molar-refractivity contribution >= 4 is 0 Å². The van der Waals surface area contributed by atoms with Crippen molar-refractivity contribution in [2.75, 3.05) is 0 Å². The summed E-state index contributed by atoms with van der Waals surface area (Å²) in [5.41, 5.74) is 0.410. The Balaban J connectivity index is 2.16. The lowest BCUT2D eigenvalue weighted by Crippen LogP contribution is -2.45. The largest absolute Gasteiger partial charge is 0.507 e. The van der Waals surface area contributed by atoms with Gasteiger partial charge in [-0.3, -0.25) is 0 Å². The van der Waals surface area contributed by atoms with Gasteiger partial charge in [-0.15, -0.1) is 0 Å². The molecule has 0 radical (unpaired) electrons. The van der Waals surface area contributed by atoms with E-state index in [9.17, 15) is 5.11 Å². The third kappa shape index (κ3) is 3.13. The second-order valence-electron chi connectivity index (χ2n) is 6.80. The van der Waals surface area contributed by atoms with Gasteiger partial charge in [0, 0.05) is 32.5 Å². The van der Waals surface area contributed by atoms with Crippen LogP contribution in [0.3, 0.4) is 0 Å². The van der Waals surface area contributed by atoms with Crippen molar-refractivity contribution in [3.8, 4) is 11.5 Å². The number of benzene rings is 1. The minimum absolute atomic E-state index is 0.0457. The van der Waals surface area contributed by atoms with Gasteiger partial charge in [0.25, 0.3) is 0 Å². The van der Waals surface area contributed by atoms with Gasteiger partial charge in [0.05, 0.1) is 0 Å². The summed E-state index contributed by atoms with van der Waals surface area (Å²) in [6, 6.07) is 2.19. The summed E-state index contributed by atoms with van der Waals surface area (Å²) in [6.45, 7) is 2.19. The molecular weight excluding hydrogens is 284 g/mol. The average Bonchev–Trinajstić information content (AvgIpc) is 2.65. The van der Waals surface area contributed by atoms with E-state index in [1.54, 1.807) is 0 Å². The van der Waals surface area contributed by atoms with Gasteiger partial charge in [0.15, 0.2) is 0 Å². The molecule has 2 atom stereocenters. The van der Waals surface area contributed by atoms with Crippen LogP contribution < -0.4 is 4.74 Å². The van der Waals surface area contributed by atoms with Gasteiger partial charge in [-0.2, -0.15) is 0 Å². The Bertz CT molecular complexity index is 1010. The van der Waals surface area contributed by atoms with Crippen LogP contribution in [0.15, 0.2) is 23.8 Å². The molecule has 0 bridgehead atoms. The number of hydrogen-bond donors (Lipinski definition) is 1. The van der Waals surface area contributed by atoms with E-state index in [1.165, 1.54) is 6.07 Å². The summed E-state index contributed by atoms with van der Waals surface area (Å²) in [5.74, 6) is -0.376. The number of aryl methyl sites for hydroxylation is 1. The van der Waals surface area contributed by atoms with Gasteiger partial charge in [-0.05, 0) is 64.1 Å². The Labute approximate surface area is 156 Å². The average molecular weight is 326 g/mol. The molecule has 1 aromatic rings. The van der Waals surface area contributed by atoms with Crippen molar-refractivity contribution in [1.29, 1.82) is 0 Å². The normalized spacial score (nSPS) is 35.3. The Hall–Kier alpha value is -1.44. The van der Waals surface area contributed by atoms with E-state index in [0.29, 0.717) is 5.56 Å². The maximum atomic E-state index is 10.9. The molecular formula is C21H30O2. The Morgan fingerprint density at radius 3 is 3.00 bits per heavy atom. The van der Waals surface area contributed by atoms with Gasteiger partial charge in [0.2, 0.25) is 0 Å². The minimum atomic E-state index is -3.77. The number of fused-ring (bicyclic) bond motifs is 3. The highest BCUT2D eigenvalue weighted by molar-refractivity contribution is 5.53. The molecule has 23 heavy (non-hydrogen) atoms. The van der Waals surface area contributed by atoms with E-state index in [2.05, 4.69) is 0 Å². The van der Waals surface area contributed by atoms with E-state index in [4.69, 9.17) is 19.8 Å². The second kappa shape index (κ2) is 6.22. The number of aromatic hydroxyl groups is 1. The fourth-order valence-corrected chi connectivity index (χ4v) is 3.73. The number of ether oxygens (including phenoxy) is 1. The van der Waals surface area contributed by atoms with Crippen LogP contribution in [0.5, 0.6) is 11.5 Å². The monoisotopic (exact) mass is 325 g/mol. The molecule has 3 rings (SSSR count). The summed E-state index contributed by atoms with van der Waals surface area (Å²) in [7, 11) is 0. The summed E-state index contributed by atoms with van der Waals surface area (Å²) in [4.78, 5) is 0. The summed E-state index contributed by atoms with van der Waals surface area (Å²) in [5, 5.41) is 10.9. The van der Waals surface area contributed by atoms with Crippen LogP contribution in [0.25, 0.3) is 0 Å². The van der Waals surface area contributed by atoms with E-state index in [-0.39, 0.29) is 23.3 Å². The first kappa shape index (κ1) is 7.63. The molecule has 0 saturated carbocycles. The van der Waals surface area contributed by atoms with Gasteiger partial charge in [-0.25, -0.2) is 0 Å². The zero-order chi connectivity index (χ0) is 26.3. The number of allylic oxidation sites excluding steroid dienone is 2. The van der Waals surface area contributed by atoms with Gasteiger partial charge >= 0.3 is 0 Å².